The summed E-state index contributed by atoms with van der Waals surface area (Å²) in [5.41, 5.74) is 3.06. The number of ether oxygens (including phenoxy) is 1. The highest BCUT2D eigenvalue weighted by atomic mass is 16.5. The molecule has 0 N–H and O–H groups in total. The van der Waals surface area contributed by atoms with E-state index < -0.39 is 0 Å². The molecule has 1 aromatic rings. The van der Waals surface area contributed by atoms with Gasteiger partial charge >= 0.3 is 0 Å². The lowest BCUT2D eigenvalue weighted by Gasteiger charge is -2.28. The molecule has 0 bridgehead atoms. The van der Waals surface area contributed by atoms with Gasteiger partial charge in [0.25, 0.3) is 0 Å². The van der Waals surface area contributed by atoms with Crippen molar-refractivity contribution in [2.75, 3.05) is 13.2 Å². The molecule has 0 radical (unpaired) electrons. The summed E-state index contributed by atoms with van der Waals surface area (Å²) < 4.78 is 5.62. The molecule has 1 saturated carbocycles. The minimum Gasteiger partial charge on any atom is -0.377 e. The van der Waals surface area contributed by atoms with Crippen LogP contribution >= 0.6 is 0 Å². The van der Waals surface area contributed by atoms with Gasteiger partial charge in [-0.15, -0.1) is 6.58 Å². The summed E-state index contributed by atoms with van der Waals surface area (Å²) in [5.74, 6) is 1.52. The molecule has 128 valence electrons. The Morgan fingerprint density at radius 2 is 1.78 bits per heavy atom. The fourth-order valence-corrected chi connectivity index (χ4v) is 3.69. The maximum absolute atomic E-state index is 5.62. The number of benzene rings is 1. The van der Waals surface area contributed by atoms with E-state index in [9.17, 15) is 0 Å². The maximum Gasteiger partial charge on any atom is 0.0644 e. The van der Waals surface area contributed by atoms with Crippen LogP contribution in [0.25, 0.3) is 0 Å². The number of hydrogen-bond donors (Lipinski definition) is 0. The molecule has 0 aliphatic heterocycles. The Morgan fingerprint density at radius 3 is 2.43 bits per heavy atom. The van der Waals surface area contributed by atoms with Crippen molar-refractivity contribution in [2.24, 2.45) is 5.92 Å². The smallest absolute Gasteiger partial charge is 0.0644 e. The van der Waals surface area contributed by atoms with Gasteiger partial charge in [0.05, 0.1) is 6.61 Å². The Labute approximate surface area is 143 Å². The van der Waals surface area contributed by atoms with E-state index in [1.165, 1.54) is 63.4 Å². The lowest BCUT2D eigenvalue weighted by atomic mass is 9.79. The van der Waals surface area contributed by atoms with E-state index >= 15 is 0 Å². The second-order valence-electron chi connectivity index (χ2n) is 7.10. The van der Waals surface area contributed by atoms with Crippen molar-refractivity contribution >= 4 is 0 Å². The first-order valence-corrected chi connectivity index (χ1v) is 9.61. The van der Waals surface area contributed by atoms with Crippen LogP contribution in [0.4, 0.5) is 0 Å². The first-order chi connectivity index (χ1) is 11.3. The molecule has 1 heteroatoms. The lowest BCUT2D eigenvalue weighted by Crippen LogP contribution is -2.18. The Balaban J connectivity index is 1.72. The molecule has 1 aromatic carbocycles. The van der Waals surface area contributed by atoms with Crippen LogP contribution in [0.2, 0.25) is 0 Å². The van der Waals surface area contributed by atoms with Gasteiger partial charge in [-0.25, -0.2) is 0 Å². The molecule has 0 spiro atoms. The molecule has 1 nitrogen and oxygen atoms in total. The third-order valence-corrected chi connectivity index (χ3v) is 5.21. The average molecular weight is 315 g/mol. The van der Waals surface area contributed by atoms with Gasteiger partial charge in [-0.2, -0.15) is 0 Å². The van der Waals surface area contributed by atoms with Crippen molar-refractivity contribution in [3.63, 3.8) is 0 Å². The van der Waals surface area contributed by atoms with Gasteiger partial charge in [-0.05, 0) is 61.5 Å². The molecule has 1 aliphatic carbocycles. The molecule has 0 heterocycles. The normalized spacial score (nSPS) is 21.3. The lowest BCUT2D eigenvalue weighted by molar-refractivity contribution is 0.102. The summed E-state index contributed by atoms with van der Waals surface area (Å²) in [5, 5.41) is 0. The topological polar surface area (TPSA) is 9.23 Å². The van der Waals surface area contributed by atoms with Crippen molar-refractivity contribution in [3.05, 3.63) is 48.0 Å². The molecule has 0 atom stereocenters. The average Bonchev–Trinajstić information content (AvgIpc) is 2.60. The second-order valence-corrected chi connectivity index (χ2v) is 7.10. The van der Waals surface area contributed by atoms with E-state index in [1.54, 1.807) is 5.56 Å². The Kier molecular flexibility index (Phi) is 8.46. The number of hydrogen-bond acceptors (Lipinski definition) is 1. The van der Waals surface area contributed by atoms with E-state index in [-0.39, 0.29) is 0 Å². The summed E-state index contributed by atoms with van der Waals surface area (Å²) in [6.45, 7) is 7.58. The molecular formula is C22H34O. The standard InChI is InChI=1S/C22H34O/c1-3-5-6-7-8-19-9-13-21(14-10-19)22-15-11-20(12-16-22)18-23-17-4-2/h4,9-10,13-14,20,22H,2-3,5-8,11-12,15-18H2,1H3. The van der Waals surface area contributed by atoms with Crippen molar-refractivity contribution in [1.29, 1.82) is 0 Å². The summed E-state index contributed by atoms with van der Waals surface area (Å²) in [7, 11) is 0. The van der Waals surface area contributed by atoms with E-state index in [4.69, 9.17) is 4.74 Å². The number of unbranched alkanes of at least 4 members (excludes halogenated alkanes) is 3. The maximum atomic E-state index is 5.62. The molecule has 0 saturated heterocycles. The van der Waals surface area contributed by atoms with Gasteiger partial charge in [0, 0.05) is 6.61 Å². The monoisotopic (exact) mass is 314 g/mol. The molecule has 23 heavy (non-hydrogen) atoms. The summed E-state index contributed by atoms with van der Waals surface area (Å²) in [6.07, 6.45) is 13.7. The van der Waals surface area contributed by atoms with Gasteiger partial charge in [-0.3, -0.25) is 0 Å². The van der Waals surface area contributed by atoms with Crippen LogP contribution in [0, 0.1) is 5.92 Å². The van der Waals surface area contributed by atoms with Crippen molar-refractivity contribution in [3.8, 4) is 0 Å². The summed E-state index contributed by atoms with van der Waals surface area (Å²) >= 11 is 0. The molecule has 1 fully saturated rings. The fraction of sp³-hybridized carbons (Fsp3) is 0.636. The van der Waals surface area contributed by atoms with E-state index in [2.05, 4.69) is 37.8 Å². The quantitative estimate of drug-likeness (QED) is 0.364. The number of aryl methyl sites for hydroxylation is 1. The highest BCUT2D eigenvalue weighted by Crippen LogP contribution is 2.36. The van der Waals surface area contributed by atoms with Crippen LogP contribution < -0.4 is 0 Å². The van der Waals surface area contributed by atoms with E-state index in [0.717, 1.165) is 18.4 Å². The third kappa shape index (κ3) is 6.51. The fourth-order valence-electron chi connectivity index (χ4n) is 3.69. The highest BCUT2D eigenvalue weighted by Gasteiger charge is 2.22. The summed E-state index contributed by atoms with van der Waals surface area (Å²) in [4.78, 5) is 0. The van der Waals surface area contributed by atoms with Gasteiger partial charge < -0.3 is 4.74 Å². The minimum absolute atomic E-state index is 0.694. The van der Waals surface area contributed by atoms with Crippen LogP contribution in [0.1, 0.15) is 75.3 Å². The molecule has 2 rings (SSSR count). The van der Waals surface area contributed by atoms with Crippen LogP contribution in [0.15, 0.2) is 36.9 Å². The molecule has 1 aliphatic rings. The van der Waals surface area contributed by atoms with Crippen LogP contribution in [-0.2, 0) is 11.2 Å². The molecular weight excluding hydrogens is 280 g/mol. The van der Waals surface area contributed by atoms with Gasteiger partial charge in [0.1, 0.15) is 0 Å². The van der Waals surface area contributed by atoms with Gasteiger partial charge in [0.15, 0.2) is 0 Å². The van der Waals surface area contributed by atoms with Crippen LogP contribution in [0.3, 0.4) is 0 Å². The predicted octanol–water partition coefficient (Wildman–Crippen LogP) is 6.29. The Hall–Kier alpha value is -1.08. The van der Waals surface area contributed by atoms with Gasteiger partial charge in [-0.1, -0.05) is 56.5 Å². The van der Waals surface area contributed by atoms with E-state index in [1.807, 2.05) is 6.08 Å². The highest BCUT2D eigenvalue weighted by molar-refractivity contribution is 5.25. The zero-order valence-corrected chi connectivity index (χ0v) is 14.9. The van der Waals surface area contributed by atoms with Crippen LogP contribution in [0.5, 0.6) is 0 Å². The largest absolute Gasteiger partial charge is 0.377 e. The Bertz CT molecular complexity index is 426. The Morgan fingerprint density at radius 1 is 1.04 bits per heavy atom. The molecule has 0 aromatic heterocycles. The third-order valence-electron chi connectivity index (χ3n) is 5.21. The van der Waals surface area contributed by atoms with E-state index in [0.29, 0.717) is 6.61 Å². The van der Waals surface area contributed by atoms with Crippen molar-refractivity contribution < 1.29 is 4.74 Å². The first kappa shape index (κ1) is 18.3. The minimum atomic E-state index is 0.694. The van der Waals surface area contributed by atoms with Crippen molar-refractivity contribution in [2.45, 2.75) is 70.6 Å². The summed E-state index contributed by atoms with van der Waals surface area (Å²) in [6, 6.07) is 9.49. The van der Waals surface area contributed by atoms with Crippen LogP contribution in [-0.4, -0.2) is 13.2 Å². The zero-order valence-electron chi connectivity index (χ0n) is 14.9. The second kappa shape index (κ2) is 10.6. The SMILES string of the molecule is C=CCOCC1CCC(c2ccc(CCCCCC)cc2)CC1. The van der Waals surface area contributed by atoms with Crippen molar-refractivity contribution in [1.82, 2.24) is 0 Å². The number of rotatable bonds is 10. The van der Waals surface area contributed by atoms with Gasteiger partial charge in [0.2, 0.25) is 0 Å². The first-order valence-electron chi connectivity index (χ1n) is 9.61. The molecule has 0 amide bonds. The zero-order chi connectivity index (χ0) is 16.3. The molecule has 0 unspecified atom stereocenters. The predicted molar refractivity (Wildman–Crippen MR) is 100 cm³/mol.